The number of nitrogens with one attached hydrogen (secondary N) is 1. The molecule has 2 rings (SSSR count). The average Bonchev–Trinajstić information content (AvgIpc) is 2.50. The molecule has 0 saturated carbocycles. The highest BCUT2D eigenvalue weighted by atomic mass is 16.2. The maximum absolute atomic E-state index is 12.7. The van der Waals surface area contributed by atoms with Crippen molar-refractivity contribution in [1.82, 2.24) is 5.32 Å². The van der Waals surface area contributed by atoms with E-state index in [4.69, 9.17) is 0 Å². The van der Waals surface area contributed by atoms with Gasteiger partial charge in [-0.15, -0.1) is 0 Å². The number of anilines is 1. The lowest BCUT2D eigenvalue weighted by atomic mass is 10.0. The van der Waals surface area contributed by atoms with Crippen LogP contribution < -0.4 is 10.2 Å². The number of amides is 2. The van der Waals surface area contributed by atoms with Gasteiger partial charge >= 0.3 is 0 Å². The van der Waals surface area contributed by atoms with Crippen LogP contribution in [0, 0.1) is 19.8 Å². The molecule has 4 nitrogen and oxygen atoms in total. The van der Waals surface area contributed by atoms with E-state index < -0.39 is 6.04 Å². The molecule has 1 aliphatic rings. The zero-order chi connectivity index (χ0) is 14.9. The summed E-state index contributed by atoms with van der Waals surface area (Å²) in [6, 6.07) is 5.59. The van der Waals surface area contributed by atoms with Crippen LogP contribution >= 0.6 is 0 Å². The molecule has 108 valence electrons. The summed E-state index contributed by atoms with van der Waals surface area (Å²) in [5, 5.41) is 2.83. The largest absolute Gasteiger partial charge is 0.344 e. The molecule has 1 N–H and O–H groups in total. The molecule has 1 aromatic rings. The zero-order valence-corrected chi connectivity index (χ0v) is 12.6. The van der Waals surface area contributed by atoms with Crippen LogP contribution in [0.25, 0.3) is 0 Å². The fraction of sp³-hybridized carbons (Fsp3) is 0.500. The second kappa shape index (κ2) is 5.65. The Kier molecular flexibility index (Phi) is 4.12. The van der Waals surface area contributed by atoms with Crippen molar-refractivity contribution in [2.75, 3.05) is 11.4 Å². The fourth-order valence-corrected chi connectivity index (χ4v) is 2.60. The standard InChI is InChI=1S/C16H22N2O2/c1-10(2)15-16(20)18(8-7-14(19)17-15)13-6-5-11(3)9-12(13)4/h5-6,9-10,15H,7-8H2,1-4H3,(H,17,19). The number of aryl methyl sites for hydroxylation is 2. The van der Waals surface area contributed by atoms with Crippen molar-refractivity contribution in [2.45, 2.75) is 40.2 Å². The normalized spacial score (nSPS) is 20.1. The first-order valence-corrected chi connectivity index (χ1v) is 7.08. The van der Waals surface area contributed by atoms with E-state index in [1.165, 1.54) is 5.56 Å². The van der Waals surface area contributed by atoms with E-state index in [9.17, 15) is 9.59 Å². The molecule has 1 saturated heterocycles. The predicted octanol–water partition coefficient (Wildman–Crippen LogP) is 2.18. The molecule has 2 amide bonds. The number of hydrogen-bond donors (Lipinski definition) is 1. The van der Waals surface area contributed by atoms with Crippen LogP contribution in [0.2, 0.25) is 0 Å². The monoisotopic (exact) mass is 274 g/mol. The van der Waals surface area contributed by atoms with E-state index in [1.807, 2.05) is 39.8 Å². The molecule has 1 aromatic carbocycles. The number of rotatable bonds is 2. The topological polar surface area (TPSA) is 49.4 Å². The van der Waals surface area contributed by atoms with Crippen LogP contribution in [-0.2, 0) is 9.59 Å². The van der Waals surface area contributed by atoms with Crippen molar-refractivity contribution >= 4 is 17.5 Å². The molecular weight excluding hydrogens is 252 g/mol. The van der Waals surface area contributed by atoms with Crippen LogP contribution in [0.4, 0.5) is 5.69 Å². The molecule has 0 aromatic heterocycles. The highest BCUT2D eigenvalue weighted by molar-refractivity contribution is 6.01. The van der Waals surface area contributed by atoms with Gasteiger partial charge in [-0.05, 0) is 31.4 Å². The first kappa shape index (κ1) is 14.6. The minimum atomic E-state index is -0.439. The van der Waals surface area contributed by atoms with E-state index in [0.717, 1.165) is 11.3 Å². The summed E-state index contributed by atoms with van der Waals surface area (Å²) < 4.78 is 0. The molecule has 1 fully saturated rings. The molecule has 0 aliphatic carbocycles. The Morgan fingerprint density at radius 1 is 1.25 bits per heavy atom. The SMILES string of the molecule is Cc1ccc(N2CCC(=O)NC(C(C)C)C2=O)c(C)c1. The van der Waals surface area contributed by atoms with Crippen LogP contribution in [0.3, 0.4) is 0 Å². The van der Waals surface area contributed by atoms with Crippen LogP contribution in [0.15, 0.2) is 18.2 Å². The van der Waals surface area contributed by atoms with E-state index in [1.54, 1.807) is 4.90 Å². The Balaban J connectivity index is 2.38. The number of carbonyl (C=O) groups is 2. The first-order chi connectivity index (χ1) is 9.40. The highest BCUT2D eigenvalue weighted by Gasteiger charge is 2.33. The smallest absolute Gasteiger partial charge is 0.249 e. The Hall–Kier alpha value is -1.84. The predicted molar refractivity (Wildman–Crippen MR) is 79.7 cm³/mol. The van der Waals surface area contributed by atoms with Crippen molar-refractivity contribution in [2.24, 2.45) is 5.92 Å². The van der Waals surface area contributed by atoms with Gasteiger partial charge in [-0.2, -0.15) is 0 Å². The second-order valence-corrected chi connectivity index (χ2v) is 5.82. The van der Waals surface area contributed by atoms with Crippen LogP contribution in [-0.4, -0.2) is 24.4 Å². The van der Waals surface area contributed by atoms with Gasteiger partial charge in [0.05, 0.1) is 0 Å². The third kappa shape index (κ3) is 2.84. The van der Waals surface area contributed by atoms with E-state index in [-0.39, 0.29) is 17.7 Å². The van der Waals surface area contributed by atoms with Gasteiger partial charge in [-0.1, -0.05) is 31.5 Å². The van der Waals surface area contributed by atoms with Gasteiger partial charge in [0.1, 0.15) is 6.04 Å². The second-order valence-electron chi connectivity index (χ2n) is 5.82. The summed E-state index contributed by atoms with van der Waals surface area (Å²) in [5.74, 6) is 0.0138. The Morgan fingerprint density at radius 3 is 2.55 bits per heavy atom. The molecule has 1 heterocycles. The zero-order valence-electron chi connectivity index (χ0n) is 12.6. The first-order valence-electron chi connectivity index (χ1n) is 7.08. The third-order valence-corrected chi connectivity index (χ3v) is 3.72. The number of hydrogen-bond acceptors (Lipinski definition) is 2. The third-order valence-electron chi connectivity index (χ3n) is 3.72. The quantitative estimate of drug-likeness (QED) is 0.898. The van der Waals surface area contributed by atoms with Crippen LogP contribution in [0.1, 0.15) is 31.4 Å². The van der Waals surface area contributed by atoms with Gasteiger partial charge in [0.25, 0.3) is 0 Å². The molecule has 1 atom stereocenters. The van der Waals surface area contributed by atoms with Gasteiger partial charge in [-0.25, -0.2) is 0 Å². The van der Waals surface area contributed by atoms with Gasteiger partial charge in [0, 0.05) is 18.7 Å². The van der Waals surface area contributed by atoms with Gasteiger partial charge in [-0.3, -0.25) is 9.59 Å². The summed E-state index contributed by atoms with van der Waals surface area (Å²) in [6.07, 6.45) is 0.349. The summed E-state index contributed by atoms with van der Waals surface area (Å²) in [7, 11) is 0. The van der Waals surface area contributed by atoms with E-state index in [2.05, 4.69) is 11.4 Å². The maximum Gasteiger partial charge on any atom is 0.249 e. The molecule has 0 bridgehead atoms. The van der Waals surface area contributed by atoms with Gasteiger partial charge < -0.3 is 10.2 Å². The van der Waals surface area contributed by atoms with E-state index >= 15 is 0 Å². The Morgan fingerprint density at radius 2 is 1.95 bits per heavy atom. The van der Waals surface area contributed by atoms with E-state index in [0.29, 0.717) is 13.0 Å². The molecule has 20 heavy (non-hydrogen) atoms. The highest BCUT2D eigenvalue weighted by Crippen LogP contribution is 2.24. The number of nitrogens with zero attached hydrogens (tertiary/aromatic N) is 1. The Labute approximate surface area is 120 Å². The number of benzene rings is 1. The molecule has 0 radical (unpaired) electrons. The maximum atomic E-state index is 12.7. The van der Waals surface area contributed by atoms with Gasteiger partial charge in [0.2, 0.25) is 11.8 Å². The van der Waals surface area contributed by atoms with Crippen molar-refractivity contribution in [1.29, 1.82) is 0 Å². The van der Waals surface area contributed by atoms with Crippen molar-refractivity contribution in [3.8, 4) is 0 Å². The summed E-state index contributed by atoms with van der Waals surface area (Å²) in [6.45, 7) is 8.38. The van der Waals surface area contributed by atoms with Crippen molar-refractivity contribution in [3.05, 3.63) is 29.3 Å². The number of carbonyl (C=O) groups excluding carboxylic acids is 2. The molecule has 4 heteroatoms. The lowest BCUT2D eigenvalue weighted by molar-refractivity contribution is -0.126. The molecule has 1 aliphatic heterocycles. The lowest BCUT2D eigenvalue weighted by Gasteiger charge is -2.27. The van der Waals surface area contributed by atoms with Crippen LogP contribution in [0.5, 0.6) is 0 Å². The summed E-state index contributed by atoms with van der Waals surface area (Å²) in [5.41, 5.74) is 3.14. The summed E-state index contributed by atoms with van der Waals surface area (Å²) >= 11 is 0. The Bertz CT molecular complexity index is 537. The molecular formula is C16H22N2O2. The summed E-state index contributed by atoms with van der Waals surface area (Å²) in [4.78, 5) is 26.2. The average molecular weight is 274 g/mol. The molecule has 1 unspecified atom stereocenters. The minimum absolute atomic E-state index is 0.0159. The van der Waals surface area contributed by atoms with Gasteiger partial charge in [0.15, 0.2) is 0 Å². The minimum Gasteiger partial charge on any atom is -0.344 e. The van der Waals surface area contributed by atoms with Crippen molar-refractivity contribution in [3.63, 3.8) is 0 Å². The van der Waals surface area contributed by atoms with Crippen molar-refractivity contribution < 1.29 is 9.59 Å². The molecule has 0 spiro atoms. The fourth-order valence-electron chi connectivity index (χ4n) is 2.60. The lowest BCUT2D eigenvalue weighted by Crippen LogP contribution is -2.48.